The average molecular weight is 759 g/mol. The van der Waals surface area contributed by atoms with Gasteiger partial charge >= 0.3 is 5.97 Å². The second-order valence-corrected chi connectivity index (χ2v) is 18.1. The molecule has 7 nitrogen and oxygen atoms in total. The second-order valence-electron chi connectivity index (χ2n) is 15.5. The third-order valence-electron chi connectivity index (χ3n) is 12.1. The van der Waals surface area contributed by atoms with Crippen LogP contribution >= 0.6 is 7.14 Å². The topological polar surface area (TPSA) is 104 Å². The van der Waals surface area contributed by atoms with Crippen LogP contribution in [-0.4, -0.2) is 28.4 Å². The van der Waals surface area contributed by atoms with Gasteiger partial charge in [-0.25, -0.2) is 0 Å². The Labute approximate surface area is 324 Å². The van der Waals surface area contributed by atoms with Crippen LogP contribution in [0.15, 0.2) is 42.5 Å². The molecule has 0 radical (unpaired) electrons. The Morgan fingerprint density at radius 3 is 1.67 bits per heavy atom. The summed E-state index contributed by atoms with van der Waals surface area (Å²) in [6, 6.07) is 12.1. The van der Waals surface area contributed by atoms with Crippen LogP contribution in [-0.2, 0) is 36.8 Å². The first-order chi connectivity index (χ1) is 25.3. The summed E-state index contributed by atoms with van der Waals surface area (Å²) < 4.78 is 27.9. The van der Waals surface area contributed by atoms with Crippen molar-refractivity contribution >= 4 is 35.2 Å². The monoisotopic (exact) mass is 758 g/mol. The Kier molecular flexibility index (Phi) is 15.6. The number of hydrogen-bond acceptors (Lipinski definition) is 7. The maximum atomic E-state index is 15.5. The molecular formula is C46H63O7P. The van der Waals surface area contributed by atoms with Gasteiger partial charge in [0.1, 0.15) is 12.4 Å². The highest BCUT2D eigenvalue weighted by atomic mass is 31.2. The van der Waals surface area contributed by atoms with E-state index in [1.54, 1.807) is 51.1 Å². The number of ether oxygens (including phenoxy) is 2. The summed E-state index contributed by atoms with van der Waals surface area (Å²) in [5.41, 5.74) is 3.87. The van der Waals surface area contributed by atoms with Crippen molar-refractivity contribution in [2.75, 3.05) is 0 Å². The van der Waals surface area contributed by atoms with Gasteiger partial charge in [0.15, 0.2) is 0 Å². The predicted molar refractivity (Wildman–Crippen MR) is 219 cm³/mol. The number of hydrogen-bond donors (Lipinski definition) is 0. The van der Waals surface area contributed by atoms with Crippen molar-refractivity contribution in [3.8, 4) is 0 Å². The zero-order valence-electron chi connectivity index (χ0n) is 34.9. The molecule has 0 fully saturated rings. The van der Waals surface area contributed by atoms with E-state index in [-0.39, 0.29) is 41.7 Å². The minimum absolute atomic E-state index is 0.106. The number of benzene rings is 3. The molecule has 54 heavy (non-hydrogen) atoms. The number of carbonyl (C=O) groups excluding carboxylic acids is 4. The van der Waals surface area contributed by atoms with Gasteiger partial charge in [0.25, 0.3) is 0 Å². The van der Waals surface area contributed by atoms with E-state index in [9.17, 15) is 14.4 Å². The maximum absolute atomic E-state index is 15.5. The molecule has 0 aromatic heterocycles. The van der Waals surface area contributed by atoms with Crippen molar-refractivity contribution in [1.82, 2.24) is 0 Å². The van der Waals surface area contributed by atoms with Crippen molar-refractivity contribution < 1.29 is 33.2 Å². The van der Waals surface area contributed by atoms with Crippen molar-refractivity contribution in [2.45, 2.75) is 153 Å². The molecule has 1 atom stereocenters. The third-order valence-corrected chi connectivity index (χ3v) is 14.7. The van der Waals surface area contributed by atoms with Gasteiger partial charge in [-0.2, -0.15) is 0 Å². The predicted octanol–water partition coefficient (Wildman–Crippen LogP) is 11.3. The first-order valence-electron chi connectivity index (χ1n) is 19.6. The number of Topliss-reactive ketones (excluding diaryl/α,β-unsaturated/α-hetero) is 1. The maximum Gasteiger partial charge on any atom is 0.306 e. The summed E-state index contributed by atoms with van der Waals surface area (Å²) in [6.07, 6.45) is 4.83. The summed E-state index contributed by atoms with van der Waals surface area (Å²) in [6.45, 7) is 23.4. The number of aryl methyl sites for hydroxylation is 3. The van der Waals surface area contributed by atoms with Crippen LogP contribution in [0.25, 0.3) is 0 Å². The molecule has 0 aliphatic rings. The second kappa shape index (κ2) is 18.8. The molecule has 1 unspecified atom stereocenters. The quantitative estimate of drug-likeness (QED) is 0.0642. The van der Waals surface area contributed by atoms with E-state index < -0.39 is 29.8 Å². The number of unbranched alkanes of at least 4 members (excludes halogenated alkanes) is 1. The van der Waals surface area contributed by atoms with E-state index in [0.717, 1.165) is 42.4 Å². The fourth-order valence-corrected chi connectivity index (χ4v) is 9.87. The first kappa shape index (κ1) is 44.7. The summed E-state index contributed by atoms with van der Waals surface area (Å²) in [7, 11) is -4.47. The molecule has 0 aliphatic carbocycles. The van der Waals surface area contributed by atoms with Crippen LogP contribution in [0.5, 0.6) is 0 Å². The molecule has 8 heteroatoms. The van der Waals surface area contributed by atoms with E-state index in [1.165, 1.54) is 0 Å². The van der Waals surface area contributed by atoms with E-state index in [0.29, 0.717) is 52.6 Å². The SMILES string of the molecule is CCC(C)(CC)OCc1c(C)c(COC(=O)CCCCC(=O)C(C)(CC)CC)c(C)c(C(=O)P(=O)(C(=O)c2c(C)cc(C)cc2C)c2ccccc2)c1C. The summed E-state index contributed by atoms with van der Waals surface area (Å²) >= 11 is 0. The minimum Gasteiger partial charge on any atom is -0.461 e. The highest BCUT2D eigenvalue weighted by Crippen LogP contribution is 2.53. The number of esters is 1. The Bertz CT molecular complexity index is 1870. The molecule has 0 N–H and O–H groups in total. The smallest absolute Gasteiger partial charge is 0.306 e. The van der Waals surface area contributed by atoms with Gasteiger partial charge in [0, 0.05) is 34.7 Å². The summed E-state index contributed by atoms with van der Waals surface area (Å²) in [4.78, 5) is 55.7. The lowest BCUT2D eigenvalue weighted by molar-refractivity contribution is -0.145. The highest BCUT2D eigenvalue weighted by molar-refractivity contribution is 8.01. The van der Waals surface area contributed by atoms with Crippen LogP contribution < -0.4 is 5.30 Å². The first-order valence-corrected chi connectivity index (χ1v) is 21.3. The molecule has 0 amide bonds. The Balaban J connectivity index is 2.11. The van der Waals surface area contributed by atoms with Gasteiger partial charge < -0.3 is 14.0 Å². The Morgan fingerprint density at radius 1 is 0.648 bits per heavy atom. The van der Waals surface area contributed by atoms with Gasteiger partial charge in [-0.15, -0.1) is 0 Å². The van der Waals surface area contributed by atoms with E-state index in [1.807, 2.05) is 60.6 Å². The molecule has 0 saturated heterocycles. The lowest BCUT2D eigenvalue weighted by Gasteiger charge is -2.30. The number of rotatable bonds is 20. The fourth-order valence-electron chi connectivity index (χ4n) is 7.30. The molecule has 0 heterocycles. The van der Waals surface area contributed by atoms with Gasteiger partial charge in [-0.05, 0) is 126 Å². The molecule has 0 aliphatic heterocycles. The molecule has 294 valence electrons. The number of carbonyl (C=O) groups is 4. The van der Waals surface area contributed by atoms with E-state index >= 15 is 9.36 Å². The van der Waals surface area contributed by atoms with E-state index in [2.05, 4.69) is 13.8 Å². The van der Waals surface area contributed by atoms with E-state index in [4.69, 9.17) is 9.47 Å². The largest absolute Gasteiger partial charge is 0.461 e. The van der Waals surface area contributed by atoms with Crippen LogP contribution in [0.2, 0.25) is 0 Å². The molecule has 0 saturated carbocycles. The molecule has 3 aromatic rings. The van der Waals surface area contributed by atoms with Gasteiger partial charge in [-0.1, -0.05) is 82.6 Å². The summed E-state index contributed by atoms with van der Waals surface area (Å²) in [5.74, 6) is -0.179. The van der Waals surface area contributed by atoms with Crippen molar-refractivity contribution in [3.63, 3.8) is 0 Å². The molecule has 0 spiro atoms. The van der Waals surface area contributed by atoms with Crippen LogP contribution in [0.1, 0.15) is 158 Å². The van der Waals surface area contributed by atoms with Gasteiger partial charge in [0.05, 0.1) is 12.2 Å². The van der Waals surface area contributed by atoms with Gasteiger partial charge in [0.2, 0.25) is 18.2 Å². The molecule has 3 rings (SSSR count). The average Bonchev–Trinajstić information content (AvgIpc) is 3.15. The lowest BCUT2D eigenvalue weighted by Crippen LogP contribution is -2.27. The highest BCUT2D eigenvalue weighted by Gasteiger charge is 2.45. The molecule has 0 bridgehead atoms. The van der Waals surface area contributed by atoms with Crippen molar-refractivity contribution in [1.29, 1.82) is 0 Å². The van der Waals surface area contributed by atoms with Crippen molar-refractivity contribution in [3.05, 3.63) is 98.1 Å². The summed E-state index contributed by atoms with van der Waals surface area (Å²) in [5, 5.41) is 0.172. The molecular weight excluding hydrogens is 695 g/mol. The van der Waals surface area contributed by atoms with Crippen LogP contribution in [0.4, 0.5) is 0 Å². The van der Waals surface area contributed by atoms with Gasteiger partial charge in [-0.3, -0.25) is 19.2 Å². The Morgan fingerprint density at radius 2 is 1.15 bits per heavy atom. The zero-order chi connectivity index (χ0) is 40.6. The third kappa shape index (κ3) is 9.58. The van der Waals surface area contributed by atoms with Crippen LogP contribution in [0, 0.1) is 47.0 Å². The fraction of sp³-hybridized carbons (Fsp3) is 0.522. The standard InChI is InChI=1S/C46H63O7P/c1-13-45(11,14-2)39(47)24-20-21-25-40(48)52-28-37-33(8)38(29-53-46(12,15-3)16-4)35(10)42(34(37)9)44(50)54(51,36-22-18-17-19-23-36)43(49)41-31(6)26-30(5)27-32(41)7/h17-19,22-23,26-27H,13-16,20-21,24-25,28-29H2,1-12H3. The minimum atomic E-state index is -4.47. The van der Waals surface area contributed by atoms with Crippen molar-refractivity contribution in [2.24, 2.45) is 5.41 Å². The lowest BCUT2D eigenvalue weighted by atomic mass is 9.78. The normalized spacial score (nSPS) is 13.0. The Hall–Kier alpha value is -3.67. The molecule has 3 aromatic carbocycles. The van der Waals surface area contributed by atoms with Crippen LogP contribution in [0.3, 0.4) is 0 Å². The zero-order valence-corrected chi connectivity index (χ0v) is 35.8. The number of ketones is 1.